The molecule has 2 atom stereocenters. The number of methoxy groups -OCH3 is 1. The molecule has 1 saturated carbocycles. The van der Waals surface area contributed by atoms with Gasteiger partial charge in [0.15, 0.2) is 5.78 Å². The van der Waals surface area contributed by atoms with E-state index in [1.807, 2.05) is 6.08 Å². The molecule has 98 valence electrons. The zero-order chi connectivity index (χ0) is 13.2. The molecule has 0 aromatic heterocycles. The zero-order valence-corrected chi connectivity index (χ0v) is 10.8. The van der Waals surface area contributed by atoms with E-state index in [4.69, 9.17) is 9.47 Å². The van der Waals surface area contributed by atoms with Gasteiger partial charge in [0, 0.05) is 14.0 Å². The van der Waals surface area contributed by atoms with Crippen LogP contribution in [0.1, 0.15) is 26.2 Å². The molecule has 0 saturated heterocycles. The zero-order valence-electron chi connectivity index (χ0n) is 10.8. The fourth-order valence-corrected chi connectivity index (χ4v) is 2.88. The standard InChI is InChI=1S/C14H18O4/c1-10(15)18-13-5-3-4-11-8-12(16)6-7-14(11,13)9-17-2/h6-8,13H,3-5,9H2,1-2H3/t13-,14+/m1/s1. The van der Waals surface area contributed by atoms with Gasteiger partial charge in [0.25, 0.3) is 0 Å². The van der Waals surface area contributed by atoms with Gasteiger partial charge in [0.05, 0.1) is 12.0 Å². The van der Waals surface area contributed by atoms with Crippen molar-refractivity contribution < 1.29 is 19.1 Å². The molecule has 0 unspecified atom stereocenters. The van der Waals surface area contributed by atoms with E-state index in [0.717, 1.165) is 24.8 Å². The molecule has 0 N–H and O–H groups in total. The predicted molar refractivity (Wildman–Crippen MR) is 65.9 cm³/mol. The average Bonchev–Trinajstić information content (AvgIpc) is 2.31. The molecule has 0 radical (unpaired) electrons. The highest BCUT2D eigenvalue weighted by atomic mass is 16.5. The van der Waals surface area contributed by atoms with Crippen molar-refractivity contribution in [3.05, 3.63) is 23.8 Å². The number of hydrogen-bond donors (Lipinski definition) is 0. The molecule has 0 aromatic rings. The van der Waals surface area contributed by atoms with Crippen molar-refractivity contribution in [3.8, 4) is 0 Å². The number of esters is 1. The van der Waals surface area contributed by atoms with Gasteiger partial charge in [-0.05, 0) is 31.4 Å². The summed E-state index contributed by atoms with van der Waals surface area (Å²) in [6.07, 6.45) is 7.41. The molecule has 4 heteroatoms. The Morgan fingerprint density at radius 1 is 1.56 bits per heavy atom. The van der Waals surface area contributed by atoms with Crippen LogP contribution in [0.15, 0.2) is 23.8 Å². The van der Waals surface area contributed by atoms with Gasteiger partial charge >= 0.3 is 5.97 Å². The number of carbonyl (C=O) groups is 2. The number of rotatable bonds is 3. The topological polar surface area (TPSA) is 52.6 Å². The van der Waals surface area contributed by atoms with Crippen LogP contribution in [0, 0.1) is 5.41 Å². The molecule has 0 bridgehead atoms. The maximum Gasteiger partial charge on any atom is 0.302 e. The first-order valence-electron chi connectivity index (χ1n) is 6.19. The van der Waals surface area contributed by atoms with Crippen LogP contribution in [-0.2, 0) is 19.1 Å². The molecule has 18 heavy (non-hydrogen) atoms. The largest absolute Gasteiger partial charge is 0.461 e. The summed E-state index contributed by atoms with van der Waals surface area (Å²) in [5.74, 6) is -0.290. The fraction of sp³-hybridized carbons (Fsp3) is 0.571. The summed E-state index contributed by atoms with van der Waals surface area (Å²) in [6, 6.07) is 0. The van der Waals surface area contributed by atoms with Gasteiger partial charge in [0.2, 0.25) is 0 Å². The van der Waals surface area contributed by atoms with Crippen molar-refractivity contribution in [2.24, 2.45) is 5.41 Å². The van der Waals surface area contributed by atoms with Crippen LogP contribution < -0.4 is 0 Å². The Kier molecular flexibility index (Phi) is 3.66. The molecular formula is C14H18O4. The molecule has 0 spiro atoms. The molecule has 0 aliphatic heterocycles. The van der Waals surface area contributed by atoms with Crippen LogP contribution in [0.4, 0.5) is 0 Å². The van der Waals surface area contributed by atoms with Gasteiger partial charge in [-0.2, -0.15) is 0 Å². The van der Waals surface area contributed by atoms with E-state index in [0.29, 0.717) is 6.61 Å². The highest BCUT2D eigenvalue weighted by Gasteiger charge is 2.46. The van der Waals surface area contributed by atoms with Crippen molar-refractivity contribution in [1.82, 2.24) is 0 Å². The third kappa shape index (κ3) is 2.25. The van der Waals surface area contributed by atoms with E-state index in [1.165, 1.54) is 6.92 Å². The maximum atomic E-state index is 11.5. The second kappa shape index (κ2) is 5.06. The van der Waals surface area contributed by atoms with E-state index in [-0.39, 0.29) is 17.9 Å². The number of ether oxygens (including phenoxy) is 2. The van der Waals surface area contributed by atoms with E-state index in [2.05, 4.69) is 0 Å². The molecule has 0 heterocycles. The number of carbonyl (C=O) groups excluding carboxylic acids is 2. The van der Waals surface area contributed by atoms with Crippen LogP contribution in [0.3, 0.4) is 0 Å². The third-order valence-electron chi connectivity index (χ3n) is 3.64. The fourth-order valence-electron chi connectivity index (χ4n) is 2.88. The molecule has 2 aliphatic rings. The van der Waals surface area contributed by atoms with Crippen molar-refractivity contribution in [2.45, 2.75) is 32.3 Å². The second-order valence-electron chi connectivity index (χ2n) is 4.87. The van der Waals surface area contributed by atoms with E-state index in [1.54, 1.807) is 19.3 Å². The Balaban J connectivity index is 2.36. The summed E-state index contributed by atoms with van der Waals surface area (Å²) >= 11 is 0. The van der Waals surface area contributed by atoms with Gasteiger partial charge in [-0.3, -0.25) is 9.59 Å². The Labute approximate surface area is 107 Å². The van der Waals surface area contributed by atoms with Crippen molar-refractivity contribution in [1.29, 1.82) is 0 Å². The van der Waals surface area contributed by atoms with Gasteiger partial charge in [-0.25, -0.2) is 0 Å². The molecule has 4 nitrogen and oxygen atoms in total. The van der Waals surface area contributed by atoms with E-state index >= 15 is 0 Å². The lowest BCUT2D eigenvalue weighted by molar-refractivity contribution is -0.153. The first kappa shape index (κ1) is 13.0. The summed E-state index contributed by atoms with van der Waals surface area (Å²) in [6.45, 7) is 1.84. The molecule has 2 aliphatic carbocycles. The van der Waals surface area contributed by atoms with E-state index < -0.39 is 5.41 Å². The minimum absolute atomic E-state index is 0.000188. The maximum absolute atomic E-state index is 11.5. The first-order valence-corrected chi connectivity index (χ1v) is 6.19. The predicted octanol–water partition coefficient (Wildman–Crippen LogP) is 1.80. The van der Waals surface area contributed by atoms with Crippen LogP contribution in [0.25, 0.3) is 0 Å². The van der Waals surface area contributed by atoms with Gasteiger partial charge in [0.1, 0.15) is 6.10 Å². The first-order chi connectivity index (χ1) is 8.58. The molecule has 0 aromatic carbocycles. The molecule has 2 rings (SSSR count). The summed E-state index contributed by atoms with van der Waals surface area (Å²) in [4.78, 5) is 22.7. The Bertz CT molecular complexity index is 422. The summed E-state index contributed by atoms with van der Waals surface area (Å²) < 4.78 is 10.7. The smallest absolute Gasteiger partial charge is 0.302 e. The monoisotopic (exact) mass is 250 g/mol. The van der Waals surface area contributed by atoms with Crippen molar-refractivity contribution in [3.63, 3.8) is 0 Å². The van der Waals surface area contributed by atoms with Crippen molar-refractivity contribution in [2.75, 3.05) is 13.7 Å². The molecule has 0 amide bonds. The molecular weight excluding hydrogens is 232 g/mol. The van der Waals surface area contributed by atoms with Gasteiger partial charge in [-0.1, -0.05) is 11.6 Å². The van der Waals surface area contributed by atoms with Crippen LogP contribution in [0.2, 0.25) is 0 Å². The van der Waals surface area contributed by atoms with Crippen LogP contribution >= 0.6 is 0 Å². The lowest BCUT2D eigenvalue weighted by atomic mass is 9.66. The number of ketones is 1. The van der Waals surface area contributed by atoms with Gasteiger partial charge in [-0.15, -0.1) is 0 Å². The minimum atomic E-state index is -0.452. The lowest BCUT2D eigenvalue weighted by Gasteiger charge is -2.43. The second-order valence-corrected chi connectivity index (χ2v) is 4.87. The highest BCUT2D eigenvalue weighted by molar-refractivity contribution is 6.01. The summed E-state index contributed by atoms with van der Waals surface area (Å²) in [5.41, 5.74) is 0.571. The molecule has 1 fully saturated rings. The number of hydrogen-bond acceptors (Lipinski definition) is 4. The summed E-state index contributed by atoms with van der Waals surface area (Å²) in [7, 11) is 1.62. The summed E-state index contributed by atoms with van der Waals surface area (Å²) in [5, 5.41) is 0. The Morgan fingerprint density at radius 2 is 2.33 bits per heavy atom. The normalized spacial score (nSPS) is 30.7. The Morgan fingerprint density at radius 3 is 3.00 bits per heavy atom. The quantitative estimate of drug-likeness (QED) is 0.717. The lowest BCUT2D eigenvalue weighted by Crippen LogP contribution is -2.45. The SMILES string of the molecule is COC[C@@]12C=CC(=O)C=C1CCC[C@H]2OC(C)=O. The van der Waals surface area contributed by atoms with Gasteiger partial charge < -0.3 is 9.47 Å². The van der Waals surface area contributed by atoms with Crippen molar-refractivity contribution >= 4 is 11.8 Å². The Hall–Kier alpha value is -1.42. The van der Waals surface area contributed by atoms with E-state index in [9.17, 15) is 9.59 Å². The number of fused-ring (bicyclic) bond motifs is 1. The van der Waals surface area contributed by atoms with Crippen LogP contribution in [0.5, 0.6) is 0 Å². The number of allylic oxidation sites excluding steroid dienone is 2. The average molecular weight is 250 g/mol. The third-order valence-corrected chi connectivity index (χ3v) is 3.64. The highest BCUT2D eigenvalue weighted by Crippen LogP contribution is 2.45. The van der Waals surface area contributed by atoms with Crippen LogP contribution in [-0.4, -0.2) is 31.6 Å². The minimum Gasteiger partial charge on any atom is -0.461 e.